The maximum atomic E-state index is 15.2. The molecule has 0 radical (unpaired) electrons. The van der Waals surface area contributed by atoms with Crippen LogP contribution in [-0.4, -0.2) is 43.2 Å². The number of rotatable bonds is 5. The quantitative estimate of drug-likeness (QED) is 0.470. The van der Waals surface area contributed by atoms with Gasteiger partial charge in [0.05, 0.1) is 16.8 Å². The fourth-order valence-corrected chi connectivity index (χ4v) is 4.15. The first-order valence-corrected chi connectivity index (χ1v) is 10.5. The minimum Gasteiger partial charge on any atom is -0.439 e. The lowest BCUT2D eigenvalue weighted by atomic mass is 10.0. The summed E-state index contributed by atoms with van der Waals surface area (Å²) >= 11 is 0. The molecule has 33 heavy (non-hydrogen) atoms. The van der Waals surface area contributed by atoms with Gasteiger partial charge in [0.2, 0.25) is 17.7 Å². The number of benzene rings is 1. The van der Waals surface area contributed by atoms with Gasteiger partial charge < -0.3 is 15.4 Å². The van der Waals surface area contributed by atoms with Gasteiger partial charge in [0.1, 0.15) is 11.6 Å². The topological polar surface area (TPSA) is 98.6 Å². The summed E-state index contributed by atoms with van der Waals surface area (Å²) in [5.41, 5.74) is 7.93. The largest absolute Gasteiger partial charge is 0.439 e. The molecule has 166 valence electrons. The number of anilines is 1. The molecule has 0 saturated carbocycles. The predicted octanol–water partition coefficient (Wildman–Crippen LogP) is 3.81. The van der Waals surface area contributed by atoms with Gasteiger partial charge in [-0.1, -0.05) is 12.6 Å². The zero-order valence-corrected chi connectivity index (χ0v) is 17.7. The fourth-order valence-electron chi connectivity index (χ4n) is 4.15. The molecule has 1 amide bonds. The first-order chi connectivity index (χ1) is 16.0. The summed E-state index contributed by atoms with van der Waals surface area (Å²) in [6.45, 7) is 4.68. The van der Waals surface area contributed by atoms with Gasteiger partial charge >= 0.3 is 0 Å². The SMILES string of the molecule is C=CC(=O)N1CCC(c2nc(-c3ccc(Oc4ccccn4)cc3F)n3c(N)nccc23)C1. The van der Waals surface area contributed by atoms with Crippen molar-refractivity contribution in [3.63, 3.8) is 0 Å². The number of carbonyl (C=O) groups is 1. The van der Waals surface area contributed by atoms with Crippen molar-refractivity contribution < 1.29 is 13.9 Å². The molecule has 5 rings (SSSR count). The van der Waals surface area contributed by atoms with E-state index in [2.05, 4.69) is 16.5 Å². The number of hydrogen-bond acceptors (Lipinski definition) is 6. The number of pyridine rings is 1. The van der Waals surface area contributed by atoms with Gasteiger partial charge in [0.15, 0.2) is 5.82 Å². The third-order valence-electron chi connectivity index (χ3n) is 5.71. The van der Waals surface area contributed by atoms with Crippen LogP contribution >= 0.6 is 0 Å². The summed E-state index contributed by atoms with van der Waals surface area (Å²) in [6, 6.07) is 11.6. The van der Waals surface area contributed by atoms with Crippen molar-refractivity contribution >= 4 is 17.4 Å². The number of hydrogen-bond donors (Lipinski definition) is 1. The highest BCUT2D eigenvalue weighted by Crippen LogP contribution is 2.35. The maximum Gasteiger partial charge on any atom is 0.245 e. The zero-order chi connectivity index (χ0) is 22.9. The number of amides is 1. The fraction of sp³-hybridized carbons (Fsp3) is 0.167. The first-order valence-electron chi connectivity index (χ1n) is 10.5. The van der Waals surface area contributed by atoms with Crippen LogP contribution in [0.25, 0.3) is 16.9 Å². The van der Waals surface area contributed by atoms with Gasteiger partial charge in [-0.05, 0) is 36.8 Å². The average molecular weight is 444 g/mol. The summed E-state index contributed by atoms with van der Waals surface area (Å²) in [7, 11) is 0. The second-order valence-electron chi connectivity index (χ2n) is 7.73. The number of nitrogen functional groups attached to an aromatic ring is 1. The first kappa shape index (κ1) is 20.6. The van der Waals surface area contributed by atoms with Gasteiger partial charge in [-0.2, -0.15) is 0 Å². The lowest BCUT2D eigenvalue weighted by molar-refractivity contribution is -0.125. The zero-order valence-electron chi connectivity index (χ0n) is 17.7. The summed E-state index contributed by atoms with van der Waals surface area (Å²) in [4.78, 5) is 26.8. The number of nitrogens with zero attached hydrogens (tertiary/aromatic N) is 5. The molecule has 2 N–H and O–H groups in total. The Balaban J connectivity index is 1.54. The van der Waals surface area contributed by atoms with Crippen molar-refractivity contribution in [1.82, 2.24) is 24.3 Å². The van der Waals surface area contributed by atoms with Crippen LogP contribution in [0, 0.1) is 5.82 Å². The van der Waals surface area contributed by atoms with Gasteiger partial charge in [-0.25, -0.2) is 19.3 Å². The standard InChI is InChI=1S/C24H21FN6O2/c1-2-21(32)30-12-9-15(14-30)22-19-8-11-28-24(26)31(19)23(29-22)17-7-6-16(13-18(17)25)33-20-5-3-4-10-27-20/h2-8,10-11,13,15H,1,9,12,14H2,(H2,26,28). The molecule has 4 aromatic rings. The van der Waals surface area contributed by atoms with E-state index in [0.717, 1.165) is 17.6 Å². The van der Waals surface area contributed by atoms with Gasteiger partial charge in [-0.15, -0.1) is 0 Å². The lowest BCUT2D eigenvalue weighted by Gasteiger charge is -2.13. The number of likely N-dealkylation sites (tertiary alicyclic amines) is 1. The molecule has 4 heterocycles. The molecule has 9 heteroatoms. The lowest BCUT2D eigenvalue weighted by Crippen LogP contribution is -2.26. The number of nitrogens with two attached hydrogens (primary N) is 1. The Labute approximate surface area is 189 Å². The van der Waals surface area contributed by atoms with Gasteiger partial charge in [-0.3, -0.25) is 9.20 Å². The average Bonchev–Trinajstić information content (AvgIpc) is 3.45. The molecular formula is C24H21FN6O2. The third kappa shape index (κ3) is 3.78. The van der Waals surface area contributed by atoms with E-state index in [1.165, 1.54) is 12.1 Å². The molecule has 8 nitrogen and oxygen atoms in total. The Kier molecular flexibility index (Phi) is 5.21. The molecule has 1 unspecified atom stereocenters. The molecule has 1 aliphatic rings. The van der Waals surface area contributed by atoms with E-state index < -0.39 is 5.82 Å². The van der Waals surface area contributed by atoms with Crippen molar-refractivity contribution in [2.75, 3.05) is 18.8 Å². The van der Waals surface area contributed by atoms with Crippen molar-refractivity contribution in [3.05, 3.63) is 79.0 Å². The molecule has 1 aromatic carbocycles. The van der Waals surface area contributed by atoms with E-state index in [4.69, 9.17) is 15.5 Å². The Morgan fingerprint density at radius 1 is 1.21 bits per heavy atom. The van der Waals surface area contributed by atoms with Crippen LogP contribution in [0.15, 0.2) is 67.5 Å². The summed E-state index contributed by atoms with van der Waals surface area (Å²) in [6.07, 6.45) is 5.25. The highest BCUT2D eigenvalue weighted by Gasteiger charge is 2.31. The number of halogens is 1. The molecule has 1 atom stereocenters. The van der Waals surface area contributed by atoms with Crippen LogP contribution in [0.5, 0.6) is 11.6 Å². The number of aromatic nitrogens is 4. The summed E-state index contributed by atoms with van der Waals surface area (Å²) in [5.74, 6) is 0.599. The van der Waals surface area contributed by atoms with Crippen molar-refractivity contribution in [1.29, 1.82) is 0 Å². The number of ether oxygens (including phenoxy) is 1. The van der Waals surface area contributed by atoms with E-state index in [1.54, 1.807) is 58.1 Å². The van der Waals surface area contributed by atoms with Crippen LogP contribution in [-0.2, 0) is 4.79 Å². The van der Waals surface area contributed by atoms with Crippen molar-refractivity contribution in [2.45, 2.75) is 12.3 Å². The molecule has 0 spiro atoms. The minimum atomic E-state index is -0.514. The second-order valence-corrected chi connectivity index (χ2v) is 7.73. The normalized spacial score (nSPS) is 15.7. The Bertz CT molecular complexity index is 1350. The predicted molar refractivity (Wildman–Crippen MR) is 121 cm³/mol. The van der Waals surface area contributed by atoms with Gasteiger partial charge in [0, 0.05) is 43.5 Å². The van der Waals surface area contributed by atoms with Crippen LogP contribution in [0.1, 0.15) is 18.0 Å². The second kappa shape index (κ2) is 8.34. The van der Waals surface area contributed by atoms with E-state index in [0.29, 0.717) is 30.5 Å². The third-order valence-corrected chi connectivity index (χ3v) is 5.71. The highest BCUT2D eigenvalue weighted by atomic mass is 19.1. The van der Waals surface area contributed by atoms with E-state index in [1.807, 2.05) is 0 Å². The molecule has 1 fully saturated rings. The Morgan fingerprint density at radius 2 is 2.09 bits per heavy atom. The van der Waals surface area contributed by atoms with Crippen LogP contribution < -0.4 is 10.5 Å². The van der Waals surface area contributed by atoms with Gasteiger partial charge in [0.25, 0.3) is 0 Å². The molecular weight excluding hydrogens is 423 g/mol. The minimum absolute atomic E-state index is 0.00530. The Morgan fingerprint density at radius 3 is 2.85 bits per heavy atom. The highest BCUT2D eigenvalue weighted by molar-refractivity contribution is 5.87. The summed E-state index contributed by atoms with van der Waals surface area (Å²) in [5, 5.41) is 0. The van der Waals surface area contributed by atoms with Crippen LogP contribution in [0.2, 0.25) is 0 Å². The number of imidazole rings is 1. The molecule has 0 bridgehead atoms. The molecule has 0 aliphatic carbocycles. The number of fused-ring (bicyclic) bond motifs is 1. The maximum absolute atomic E-state index is 15.2. The van der Waals surface area contributed by atoms with Crippen molar-refractivity contribution in [2.24, 2.45) is 0 Å². The Hall–Kier alpha value is -4.27. The summed E-state index contributed by atoms with van der Waals surface area (Å²) < 4.78 is 22.5. The smallest absolute Gasteiger partial charge is 0.245 e. The molecule has 1 aliphatic heterocycles. The van der Waals surface area contributed by atoms with E-state index in [9.17, 15) is 4.79 Å². The monoisotopic (exact) mass is 444 g/mol. The molecule has 3 aromatic heterocycles. The van der Waals surface area contributed by atoms with Crippen LogP contribution in [0.4, 0.5) is 10.3 Å². The molecule has 1 saturated heterocycles. The van der Waals surface area contributed by atoms with E-state index in [-0.39, 0.29) is 23.3 Å². The number of carbonyl (C=O) groups excluding carboxylic acids is 1. The van der Waals surface area contributed by atoms with E-state index >= 15 is 4.39 Å². The van der Waals surface area contributed by atoms with Crippen molar-refractivity contribution in [3.8, 4) is 23.0 Å². The van der Waals surface area contributed by atoms with Crippen LogP contribution in [0.3, 0.4) is 0 Å².